The Morgan fingerprint density at radius 2 is 0.755 bits per heavy atom. The summed E-state index contributed by atoms with van der Waals surface area (Å²) in [5, 5.41) is 2.57. The summed E-state index contributed by atoms with van der Waals surface area (Å²) in [5.41, 5.74) is 9.58. The maximum atomic E-state index is 5.20. The number of hydrogen-bond donors (Lipinski definition) is 0. The van der Waals surface area contributed by atoms with Crippen LogP contribution in [0.4, 0.5) is 0 Å². The Morgan fingerprint density at radius 3 is 1.41 bits per heavy atom. The molecule has 2 heterocycles. The average molecular weight is 644 g/mol. The molecule has 7 aromatic carbocycles. The van der Waals surface area contributed by atoms with E-state index in [1.807, 2.05) is 23.5 Å². The van der Waals surface area contributed by atoms with E-state index in [9.17, 15) is 0 Å². The molecule has 9 rings (SSSR count). The van der Waals surface area contributed by atoms with Crippen LogP contribution in [0.15, 0.2) is 176 Å². The zero-order chi connectivity index (χ0) is 32.6. The third-order valence-electron chi connectivity index (χ3n) is 8.98. The van der Waals surface area contributed by atoms with Crippen molar-refractivity contribution >= 4 is 31.5 Å². The predicted molar refractivity (Wildman–Crippen MR) is 205 cm³/mol. The number of aromatic nitrogens is 3. The van der Waals surface area contributed by atoms with Crippen LogP contribution in [0.1, 0.15) is 0 Å². The maximum absolute atomic E-state index is 5.20. The van der Waals surface area contributed by atoms with Crippen LogP contribution in [-0.2, 0) is 0 Å². The van der Waals surface area contributed by atoms with Crippen molar-refractivity contribution < 1.29 is 0 Å². The highest BCUT2D eigenvalue weighted by atomic mass is 32.1. The molecule has 0 N–H and O–H groups in total. The Hall–Kier alpha value is -6.23. The lowest BCUT2D eigenvalue weighted by Crippen LogP contribution is -2.02. The van der Waals surface area contributed by atoms with E-state index in [4.69, 9.17) is 15.0 Å². The minimum Gasteiger partial charge on any atom is -0.208 e. The van der Waals surface area contributed by atoms with E-state index in [1.165, 1.54) is 25.7 Å². The molecule has 0 saturated heterocycles. The SMILES string of the molecule is c1ccc(-c2ccccc2-c2nc(-c3cccc(-c4cccc5c4sc4ccccc45)c3)nc(-c3ccccc3-c3ccccc3)n2)cc1. The van der Waals surface area contributed by atoms with E-state index in [-0.39, 0.29) is 0 Å². The zero-order valence-corrected chi connectivity index (χ0v) is 27.3. The highest BCUT2D eigenvalue weighted by Crippen LogP contribution is 2.41. The normalized spacial score (nSPS) is 11.3. The van der Waals surface area contributed by atoms with Gasteiger partial charge < -0.3 is 0 Å². The Balaban J connectivity index is 1.25. The molecule has 0 fully saturated rings. The molecule has 9 aromatic rings. The molecule has 0 radical (unpaired) electrons. The number of benzene rings is 7. The summed E-state index contributed by atoms with van der Waals surface area (Å²) in [6, 6.07) is 61.4. The minimum absolute atomic E-state index is 0.635. The van der Waals surface area contributed by atoms with Gasteiger partial charge in [0.1, 0.15) is 0 Å². The molecule has 0 unspecified atom stereocenters. The van der Waals surface area contributed by atoms with Crippen LogP contribution in [0.3, 0.4) is 0 Å². The van der Waals surface area contributed by atoms with Crippen molar-refractivity contribution in [2.24, 2.45) is 0 Å². The van der Waals surface area contributed by atoms with Crippen molar-refractivity contribution in [3.8, 4) is 67.5 Å². The lowest BCUT2D eigenvalue weighted by atomic mass is 9.98. The molecule has 3 nitrogen and oxygen atoms in total. The fourth-order valence-electron chi connectivity index (χ4n) is 6.64. The van der Waals surface area contributed by atoms with Gasteiger partial charge in [-0.1, -0.05) is 164 Å². The summed E-state index contributed by atoms with van der Waals surface area (Å²) < 4.78 is 2.58. The average Bonchev–Trinajstić information content (AvgIpc) is 3.57. The van der Waals surface area contributed by atoms with Crippen molar-refractivity contribution in [1.82, 2.24) is 15.0 Å². The third-order valence-corrected chi connectivity index (χ3v) is 10.2. The second kappa shape index (κ2) is 12.4. The largest absolute Gasteiger partial charge is 0.208 e. The second-order valence-electron chi connectivity index (χ2n) is 12.0. The molecule has 0 saturated carbocycles. The standard InChI is InChI=1S/C45H29N3S/c1-3-15-30(16-4-1)34-21-7-9-24-39(34)44-46-43(47-45(48-44)40-25-10-8-22-35(40)31-17-5-2-6-18-31)33-20-13-19-32(29-33)36-26-14-27-38-37-23-11-12-28-41(37)49-42(36)38/h1-29H. The minimum atomic E-state index is 0.635. The van der Waals surface area contributed by atoms with Gasteiger partial charge in [0.2, 0.25) is 0 Å². The molecule has 0 bridgehead atoms. The van der Waals surface area contributed by atoms with Gasteiger partial charge in [-0.05, 0) is 45.5 Å². The molecule has 0 spiro atoms. The van der Waals surface area contributed by atoms with Crippen molar-refractivity contribution in [2.45, 2.75) is 0 Å². The fraction of sp³-hybridized carbons (Fsp3) is 0. The van der Waals surface area contributed by atoms with E-state index in [0.29, 0.717) is 17.5 Å². The lowest BCUT2D eigenvalue weighted by molar-refractivity contribution is 1.07. The van der Waals surface area contributed by atoms with Gasteiger partial charge in [-0.2, -0.15) is 0 Å². The van der Waals surface area contributed by atoms with E-state index in [0.717, 1.165) is 44.5 Å². The molecule has 0 amide bonds. The van der Waals surface area contributed by atoms with Crippen molar-refractivity contribution in [3.63, 3.8) is 0 Å². The Labute approximate surface area is 288 Å². The highest BCUT2D eigenvalue weighted by molar-refractivity contribution is 7.26. The van der Waals surface area contributed by atoms with Gasteiger partial charge in [0.25, 0.3) is 0 Å². The van der Waals surface area contributed by atoms with E-state index >= 15 is 0 Å². The number of fused-ring (bicyclic) bond motifs is 3. The third kappa shape index (κ3) is 5.38. The van der Waals surface area contributed by atoms with E-state index < -0.39 is 0 Å². The Kier molecular flexibility index (Phi) is 7.34. The molecule has 0 aliphatic heterocycles. The molecule has 2 aromatic heterocycles. The number of nitrogens with zero attached hydrogens (tertiary/aromatic N) is 3. The number of hydrogen-bond acceptors (Lipinski definition) is 4. The van der Waals surface area contributed by atoms with Crippen LogP contribution in [0, 0.1) is 0 Å². The van der Waals surface area contributed by atoms with E-state index in [1.54, 1.807) is 0 Å². The summed E-state index contributed by atoms with van der Waals surface area (Å²) in [4.78, 5) is 15.6. The van der Waals surface area contributed by atoms with Gasteiger partial charge in [0.15, 0.2) is 17.5 Å². The van der Waals surface area contributed by atoms with Crippen LogP contribution in [-0.4, -0.2) is 15.0 Å². The number of rotatable bonds is 6. The van der Waals surface area contributed by atoms with Gasteiger partial charge in [-0.15, -0.1) is 11.3 Å². The molecule has 49 heavy (non-hydrogen) atoms. The lowest BCUT2D eigenvalue weighted by Gasteiger charge is -2.14. The monoisotopic (exact) mass is 643 g/mol. The van der Waals surface area contributed by atoms with Gasteiger partial charge in [0, 0.05) is 36.9 Å². The predicted octanol–water partition coefficient (Wildman–Crippen LogP) is 12.2. The van der Waals surface area contributed by atoms with Gasteiger partial charge in [-0.3, -0.25) is 0 Å². The zero-order valence-electron chi connectivity index (χ0n) is 26.5. The Morgan fingerprint density at radius 1 is 0.306 bits per heavy atom. The summed E-state index contributed by atoms with van der Waals surface area (Å²) in [7, 11) is 0. The first kappa shape index (κ1) is 29.0. The maximum Gasteiger partial charge on any atom is 0.164 e. The van der Waals surface area contributed by atoms with Crippen molar-refractivity contribution in [1.29, 1.82) is 0 Å². The van der Waals surface area contributed by atoms with Crippen LogP contribution in [0.2, 0.25) is 0 Å². The van der Waals surface area contributed by atoms with E-state index in [2.05, 4.69) is 164 Å². The first-order chi connectivity index (χ1) is 24.3. The molecule has 0 aliphatic carbocycles. The Bertz CT molecular complexity index is 2510. The topological polar surface area (TPSA) is 38.7 Å². The quantitative estimate of drug-likeness (QED) is 0.181. The molecule has 4 heteroatoms. The first-order valence-electron chi connectivity index (χ1n) is 16.4. The smallest absolute Gasteiger partial charge is 0.164 e. The summed E-state index contributed by atoms with van der Waals surface area (Å²) in [5.74, 6) is 1.91. The molecular formula is C45H29N3S. The molecule has 0 aliphatic rings. The summed E-state index contributed by atoms with van der Waals surface area (Å²) in [6.45, 7) is 0. The van der Waals surface area contributed by atoms with Gasteiger partial charge >= 0.3 is 0 Å². The van der Waals surface area contributed by atoms with Gasteiger partial charge in [-0.25, -0.2) is 15.0 Å². The highest BCUT2D eigenvalue weighted by Gasteiger charge is 2.18. The van der Waals surface area contributed by atoms with Gasteiger partial charge in [0.05, 0.1) is 0 Å². The van der Waals surface area contributed by atoms with Crippen molar-refractivity contribution in [2.75, 3.05) is 0 Å². The van der Waals surface area contributed by atoms with Crippen molar-refractivity contribution in [3.05, 3.63) is 176 Å². The second-order valence-corrected chi connectivity index (χ2v) is 13.0. The van der Waals surface area contributed by atoms with Crippen LogP contribution >= 0.6 is 11.3 Å². The molecule has 0 atom stereocenters. The summed E-state index contributed by atoms with van der Waals surface area (Å²) in [6.07, 6.45) is 0. The van der Waals surface area contributed by atoms with Crippen LogP contribution < -0.4 is 0 Å². The number of thiophene rings is 1. The van der Waals surface area contributed by atoms with Crippen LogP contribution in [0.25, 0.3) is 87.7 Å². The molecular weight excluding hydrogens is 615 g/mol. The fourth-order valence-corrected chi connectivity index (χ4v) is 7.88. The van der Waals surface area contributed by atoms with Crippen LogP contribution in [0.5, 0.6) is 0 Å². The molecule has 230 valence electrons. The summed E-state index contributed by atoms with van der Waals surface area (Å²) >= 11 is 1.84. The first-order valence-corrected chi connectivity index (χ1v) is 17.2.